The van der Waals surface area contributed by atoms with E-state index in [0.29, 0.717) is 31.5 Å². The van der Waals surface area contributed by atoms with Crippen molar-refractivity contribution in [1.82, 2.24) is 14.8 Å². The molecule has 5 nitrogen and oxygen atoms in total. The number of hydrogen-bond donors (Lipinski definition) is 1. The lowest BCUT2D eigenvalue weighted by Crippen LogP contribution is -2.45. The fraction of sp³-hybridized carbons (Fsp3) is 0.609. The number of benzene rings is 1. The first-order valence-corrected chi connectivity index (χ1v) is 11.2. The van der Waals surface area contributed by atoms with Crippen LogP contribution in [0.5, 0.6) is 0 Å². The molecular formula is C23H28F3N3O2. The molecule has 0 bridgehead atoms. The number of carbonyl (C=O) groups is 1. The van der Waals surface area contributed by atoms with Gasteiger partial charge in [0.25, 0.3) is 0 Å². The second-order valence-electron chi connectivity index (χ2n) is 9.24. The number of cyclic esters (lactones) is 1. The Kier molecular flexibility index (Phi) is 5.15. The number of nitrogens with zero attached hydrogens (tertiary/aromatic N) is 2. The quantitative estimate of drug-likeness (QED) is 0.762. The zero-order chi connectivity index (χ0) is 21.8. The molecule has 5 rings (SSSR count). The minimum absolute atomic E-state index is 0.211. The number of aromatic nitrogens is 1. The number of fused-ring (bicyclic) bond motifs is 4. The van der Waals surface area contributed by atoms with Crippen LogP contribution in [0, 0.1) is 11.8 Å². The van der Waals surface area contributed by atoms with Gasteiger partial charge in [-0.25, -0.2) is 4.79 Å². The summed E-state index contributed by atoms with van der Waals surface area (Å²) in [6.07, 6.45) is -1.63. The van der Waals surface area contributed by atoms with Crippen molar-refractivity contribution in [1.29, 1.82) is 0 Å². The van der Waals surface area contributed by atoms with Crippen molar-refractivity contribution >= 4 is 17.0 Å². The number of nitrogens with one attached hydrogen (secondary N) is 1. The molecule has 8 heteroatoms. The fourth-order valence-electron chi connectivity index (χ4n) is 5.84. The van der Waals surface area contributed by atoms with Gasteiger partial charge in [0.2, 0.25) is 0 Å². The Morgan fingerprint density at radius 2 is 2.06 bits per heavy atom. The highest BCUT2D eigenvalue weighted by molar-refractivity contribution is 5.86. The van der Waals surface area contributed by atoms with E-state index in [1.54, 1.807) is 11.0 Å². The number of hydrogen-bond acceptors (Lipinski definition) is 3. The normalized spacial score (nSPS) is 26.8. The highest BCUT2D eigenvalue weighted by atomic mass is 19.4. The van der Waals surface area contributed by atoms with Crippen molar-refractivity contribution in [2.45, 2.75) is 38.3 Å². The van der Waals surface area contributed by atoms with Crippen LogP contribution in [-0.2, 0) is 17.3 Å². The highest BCUT2D eigenvalue weighted by Gasteiger charge is 2.40. The van der Waals surface area contributed by atoms with E-state index < -0.39 is 11.7 Å². The van der Waals surface area contributed by atoms with Gasteiger partial charge in [0, 0.05) is 29.7 Å². The summed E-state index contributed by atoms with van der Waals surface area (Å²) in [5, 5.41) is 0.723. The molecule has 1 unspecified atom stereocenters. The molecule has 3 aliphatic rings. The van der Waals surface area contributed by atoms with E-state index in [9.17, 15) is 18.0 Å². The summed E-state index contributed by atoms with van der Waals surface area (Å²) in [5.74, 6) is 1.20. The standard InChI is InChI=1S/C23H28F3N3O2/c1-14-18-13-28(6-2-7-29-9-10-31-22(29)30)8-5-15(18)11-20-21(14)17-12-16(23(24,25)26)3-4-19(17)27-20/h3-4,12,14-15,18,27H,2,5-11,13H2,1H3/t14-,15?,18-/m1/s1. The first kappa shape index (κ1) is 20.7. The number of rotatable bonds is 4. The lowest BCUT2D eigenvalue weighted by atomic mass is 9.68. The average Bonchev–Trinajstić information content (AvgIpc) is 3.30. The van der Waals surface area contributed by atoms with E-state index in [4.69, 9.17) is 4.74 Å². The van der Waals surface area contributed by atoms with E-state index in [-0.39, 0.29) is 12.0 Å². The molecule has 3 heterocycles. The molecule has 1 N–H and O–H groups in total. The predicted octanol–water partition coefficient (Wildman–Crippen LogP) is 4.63. The molecule has 3 atom stereocenters. The number of H-pyrrole nitrogens is 1. The lowest BCUT2D eigenvalue weighted by molar-refractivity contribution is -0.137. The topological polar surface area (TPSA) is 48.6 Å². The van der Waals surface area contributed by atoms with Gasteiger partial charge in [0.1, 0.15) is 6.61 Å². The number of ether oxygens (including phenoxy) is 1. The van der Waals surface area contributed by atoms with Crippen LogP contribution in [0.2, 0.25) is 0 Å². The first-order valence-electron chi connectivity index (χ1n) is 11.2. The number of amides is 1. The summed E-state index contributed by atoms with van der Waals surface area (Å²) < 4.78 is 44.8. The second kappa shape index (κ2) is 7.73. The van der Waals surface area contributed by atoms with Crippen LogP contribution in [0.25, 0.3) is 10.9 Å². The van der Waals surface area contributed by atoms with Gasteiger partial charge in [0.05, 0.1) is 12.1 Å². The van der Waals surface area contributed by atoms with Crippen molar-refractivity contribution in [3.8, 4) is 0 Å². The van der Waals surface area contributed by atoms with Gasteiger partial charge in [-0.15, -0.1) is 0 Å². The molecule has 2 saturated heterocycles. The van der Waals surface area contributed by atoms with E-state index in [0.717, 1.165) is 61.1 Å². The number of likely N-dealkylation sites (tertiary alicyclic amines) is 1. The van der Waals surface area contributed by atoms with E-state index >= 15 is 0 Å². The van der Waals surface area contributed by atoms with Gasteiger partial charge in [-0.2, -0.15) is 13.2 Å². The molecule has 0 radical (unpaired) electrons. The van der Waals surface area contributed by atoms with E-state index in [2.05, 4.69) is 16.8 Å². The third-order valence-corrected chi connectivity index (χ3v) is 7.45. The van der Waals surface area contributed by atoms with Crippen LogP contribution in [0.1, 0.15) is 42.5 Å². The Morgan fingerprint density at radius 3 is 2.81 bits per heavy atom. The molecule has 0 saturated carbocycles. The maximum absolute atomic E-state index is 13.3. The van der Waals surface area contributed by atoms with Crippen molar-refractivity contribution < 1.29 is 22.7 Å². The summed E-state index contributed by atoms with van der Waals surface area (Å²) in [6.45, 7) is 6.96. The van der Waals surface area contributed by atoms with Crippen LogP contribution < -0.4 is 0 Å². The molecule has 2 aliphatic heterocycles. The summed E-state index contributed by atoms with van der Waals surface area (Å²) >= 11 is 0. The maximum atomic E-state index is 13.3. The number of carbonyl (C=O) groups excluding carboxylic acids is 1. The minimum Gasteiger partial charge on any atom is -0.448 e. The minimum atomic E-state index is -4.33. The van der Waals surface area contributed by atoms with Crippen molar-refractivity contribution in [3.05, 3.63) is 35.0 Å². The van der Waals surface area contributed by atoms with Crippen LogP contribution in [0.4, 0.5) is 18.0 Å². The van der Waals surface area contributed by atoms with Gasteiger partial charge in [-0.1, -0.05) is 6.92 Å². The summed E-state index contributed by atoms with van der Waals surface area (Å²) in [5.41, 5.74) is 2.41. The summed E-state index contributed by atoms with van der Waals surface area (Å²) in [4.78, 5) is 19.2. The van der Waals surface area contributed by atoms with Gasteiger partial charge in [0.15, 0.2) is 0 Å². The Morgan fingerprint density at radius 1 is 1.23 bits per heavy atom. The molecule has 2 fully saturated rings. The molecule has 1 aromatic heterocycles. The van der Waals surface area contributed by atoms with Crippen LogP contribution in [-0.4, -0.2) is 60.2 Å². The smallest absolute Gasteiger partial charge is 0.416 e. The lowest BCUT2D eigenvalue weighted by Gasteiger charge is -2.44. The number of aromatic amines is 1. The molecule has 0 spiro atoms. The summed E-state index contributed by atoms with van der Waals surface area (Å²) in [6, 6.07) is 4.06. The van der Waals surface area contributed by atoms with Crippen LogP contribution in [0.15, 0.2) is 18.2 Å². The van der Waals surface area contributed by atoms with Crippen molar-refractivity contribution in [2.24, 2.45) is 11.8 Å². The Bertz CT molecular complexity index is 986. The number of piperidine rings is 1. The van der Waals surface area contributed by atoms with Gasteiger partial charge in [-0.05, 0) is 73.9 Å². The Hall–Kier alpha value is -2.22. The molecule has 1 amide bonds. The zero-order valence-electron chi connectivity index (χ0n) is 17.7. The second-order valence-corrected chi connectivity index (χ2v) is 9.24. The van der Waals surface area contributed by atoms with E-state index in [1.165, 1.54) is 12.1 Å². The molecule has 1 aliphatic carbocycles. The third-order valence-electron chi connectivity index (χ3n) is 7.45. The first-order chi connectivity index (χ1) is 14.8. The third kappa shape index (κ3) is 3.79. The van der Waals surface area contributed by atoms with E-state index in [1.807, 2.05) is 0 Å². The van der Waals surface area contributed by atoms with Gasteiger partial charge < -0.3 is 19.5 Å². The van der Waals surface area contributed by atoms with Gasteiger partial charge >= 0.3 is 12.3 Å². The monoisotopic (exact) mass is 435 g/mol. The Labute approximate surface area is 179 Å². The molecule has 2 aromatic rings. The van der Waals surface area contributed by atoms with Crippen molar-refractivity contribution in [3.63, 3.8) is 0 Å². The van der Waals surface area contributed by atoms with Crippen molar-refractivity contribution in [2.75, 3.05) is 39.3 Å². The average molecular weight is 435 g/mol. The van der Waals surface area contributed by atoms with Crippen LogP contribution in [0.3, 0.4) is 0 Å². The molecule has 31 heavy (non-hydrogen) atoms. The SMILES string of the molecule is C[C@H]1c2c([nH]c3ccc(C(F)(F)F)cc23)CC2CCN(CCCN3CCOC3=O)C[C@@H]21. The zero-order valence-corrected chi connectivity index (χ0v) is 17.7. The fourth-order valence-corrected chi connectivity index (χ4v) is 5.84. The summed E-state index contributed by atoms with van der Waals surface area (Å²) in [7, 11) is 0. The highest BCUT2D eigenvalue weighted by Crippen LogP contribution is 2.46. The number of alkyl halides is 3. The maximum Gasteiger partial charge on any atom is 0.416 e. The van der Waals surface area contributed by atoms with Crippen LogP contribution >= 0.6 is 0 Å². The molecule has 1 aromatic carbocycles. The van der Waals surface area contributed by atoms with Gasteiger partial charge in [-0.3, -0.25) is 0 Å². The largest absolute Gasteiger partial charge is 0.448 e. The molecular weight excluding hydrogens is 407 g/mol. The molecule has 168 valence electrons. The predicted molar refractivity (Wildman–Crippen MR) is 111 cm³/mol. The number of halogens is 3. The Balaban J connectivity index is 1.31.